The molecule has 1 rings (SSSR count). The van der Waals surface area contributed by atoms with Crippen LogP contribution in [0.4, 0.5) is 9.59 Å². The number of hydrogen-bond donors (Lipinski definition) is 3. The van der Waals surface area contributed by atoms with E-state index in [9.17, 15) is 19.5 Å². The summed E-state index contributed by atoms with van der Waals surface area (Å²) in [6.45, 7) is 5.74. The van der Waals surface area contributed by atoms with Crippen LogP contribution in [-0.4, -0.2) is 58.7 Å². The van der Waals surface area contributed by atoms with E-state index in [1.54, 1.807) is 13.8 Å². The van der Waals surface area contributed by atoms with Gasteiger partial charge in [-0.1, -0.05) is 6.92 Å². The van der Waals surface area contributed by atoms with Crippen molar-refractivity contribution < 1.29 is 28.7 Å². The van der Waals surface area contributed by atoms with Gasteiger partial charge in [0, 0.05) is 18.7 Å². The largest absolute Gasteiger partial charge is 0.521 e. The number of rotatable bonds is 5. The third kappa shape index (κ3) is 3.73. The number of alkyl carbamates (subject to hydrolysis) is 1. The van der Waals surface area contributed by atoms with Gasteiger partial charge >= 0.3 is 18.1 Å². The van der Waals surface area contributed by atoms with Gasteiger partial charge in [0.05, 0.1) is 5.92 Å². The van der Waals surface area contributed by atoms with Crippen LogP contribution in [-0.2, 0) is 9.53 Å². The number of likely N-dealkylation sites (tertiary alicyclic amines) is 1. The molecule has 22 heavy (non-hydrogen) atoms. The number of ether oxygens (including phenoxy) is 1. The molecule has 0 aromatic carbocycles. The van der Waals surface area contributed by atoms with Gasteiger partial charge in [0.1, 0.15) is 12.6 Å². The molecule has 0 aliphatic carbocycles. The minimum absolute atomic E-state index is 0.0347. The molecule has 0 radical (unpaired) electrons. The number of carbonyl (C=O) groups excluding carboxylic acids is 2. The Bertz CT molecular complexity index is 445. The quantitative estimate of drug-likeness (QED) is 0.527. The highest BCUT2D eigenvalue weighted by Gasteiger charge is 2.58. The molecule has 0 spiro atoms. The van der Waals surface area contributed by atoms with Crippen molar-refractivity contribution in [1.29, 1.82) is 0 Å². The van der Waals surface area contributed by atoms with Crippen molar-refractivity contribution in [2.45, 2.75) is 45.8 Å². The molecule has 1 unspecified atom stereocenters. The lowest BCUT2D eigenvalue weighted by atomic mass is 10.1. The zero-order valence-electron chi connectivity index (χ0n) is 13.2. The summed E-state index contributed by atoms with van der Waals surface area (Å²) in [5.74, 6) is -0.592. The van der Waals surface area contributed by atoms with Crippen molar-refractivity contribution >= 4 is 30.7 Å². The van der Waals surface area contributed by atoms with Gasteiger partial charge in [0.15, 0.2) is 6.10 Å². The lowest BCUT2D eigenvalue weighted by Gasteiger charge is -2.31. The van der Waals surface area contributed by atoms with E-state index in [-0.39, 0.29) is 12.3 Å². The number of imide groups is 1. The van der Waals surface area contributed by atoms with Gasteiger partial charge < -0.3 is 15.2 Å². The average molecular weight is 333 g/mol. The molecule has 1 aliphatic heterocycles. The molecular formula is C14H25N2O5S+. The normalized spacial score (nSPS) is 28.9. The number of amides is 3. The monoisotopic (exact) mass is 333 g/mol. The molecule has 1 fully saturated rings. The van der Waals surface area contributed by atoms with E-state index in [0.29, 0.717) is 13.0 Å². The first kappa shape index (κ1) is 18.8. The van der Waals surface area contributed by atoms with Crippen LogP contribution in [0.2, 0.25) is 0 Å². The van der Waals surface area contributed by atoms with E-state index in [4.69, 9.17) is 4.74 Å². The highest BCUT2D eigenvalue weighted by Crippen LogP contribution is 2.32. The highest BCUT2D eigenvalue weighted by atomic mass is 32.1. The van der Waals surface area contributed by atoms with Crippen molar-refractivity contribution in [3.05, 3.63) is 0 Å². The third-order valence-electron chi connectivity index (χ3n) is 4.07. The van der Waals surface area contributed by atoms with Crippen LogP contribution in [0.3, 0.4) is 0 Å². The van der Waals surface area contributed by atoms with Gasteiger partial charge in [0.2, 0.25) is 0 Å². The van der Waals surface area contributed by atoms with Crippen molar-refractivity contribution in [2.24, 2.45) is 5.92 Å². The first-order chi connectivity index (χ1) is 10.3. The van der Waals surface area contributed by atoms with Crippen molar-refractivity contribution in [3.63, 3.8) is 0 Å². The number of nitrogens with zero attached hydrogens (tertiary/aromatic N) is 1. The summed E-state index contributed by atoms with van der Waals surface area (Å²) < 4.78 is 4.55. The molecule has 1 aliphatic rings. The van der Waals surface area contributed by atoms with Crippen LogP contribution < -0.4 is 5.32 Å². The summed E-state index contributed by atoms with van der Waals surface area (Å²) in [6.07, 6.45) is -1.23. The van der Waals surface area contributed by atoms with E-state index in [0.717, 1.165) is 6.42 Å². The summed E-state index contributed by atoms with van der Waals surface area (Å²) >= 11 is 4.08. The molecule has 126 valence electrons. The summed E-state index contributed by atoms with van der Waals surface area (Å²) in [6, 6.07) is -0.448. The molecule has 0 aromatic rings. The Balaban J connectivity index is 2.86. The summed E-state index contributed by atoms with van der Waals surface area (Å²) in [4.78, 5) is 35.9. The highest BCUT2D eigenvalue weighted by molar-refractivity contribution is 7.80. The molecule has 0 aromatic heterocycles. The molecule has 4 atom stereocenters. The zero-order valence-corrected chi connectivity index (χ0v) is 14.1. The Morgan fingerprint density at radius 1 is 1.45 bits per heavy atom. The smallest absolute Gasteiger partial charge is 0.440 e. The van der Waals surface area contributed by atoms with Gasteiger partial charge in [-0.05, 0) is 20.3 Å². The van der Waals surface area contributed by atoms with Gasteiger partial charge in [0.25, 0.3) is 0 Å². The van der Waals surface area contributed by atoms with Crippen molar-refractivity contribution in [2.75, 3.05) is 18.8 Å². The van der Waals surface area contributed by atoms with E-state index in [1.165, 1.54) is 0 Å². The maximum atomic E-state index is 12.5. The molecular weight excluding hydrogens is 308 g/mol. The Kier molecular flexibility index (Phi) is 6.67. The van der Waals surface area contributed by atoms with Crippen molar-refractivity contribution in [1.82, 2.24) is 5.32 Å². The Labute approximate surface area is 136 Å². The topological polar surface area (TPSA) is 92.7 Å². The number of hydrogen-bond acceptors (Lipinski definition) is 5. The van der Waals surface area contributed by atoms with E-state index in [2.05, 4.69) is 17.9 Å². The van der Waals surface area contributed by atoms with Crippen LogP contribution in [0.1, 0.15) is 33.6 Å². The maximum Gasteiger partial charge on any atom is 0.521 e. The SMILES string of the molecule is CCCNC(=O)O[C@@H]1C[C@@H](C)[N@@+](C(=O)O)(C(=O)C(C)CS)C1. The predicted octanol–water partition coefficient (Wildman–Crippen LogP) is 1.87. The van der Waals surface area contributed by atoms with Gasteiger partial charge in [-0.3, -0.25) is 0 Å². The minimum Gasteiger partial charge on any atom is -0.440 e. The lowest BCUT2D eigenvalue weighted by molar-refractivity contribution is -0.795. The lowest BCUT2D eigenvalue weighted by Crippen LogP contribution is -2.61. The van der Waals surface area contributed by atoms with Crippen LogP contribution in [0.15, 0.2) is 0 Å². The molecule has 1 saturated heterocycles. The summed E-state index contributed by atoms with van der Waals surface area (Å²) in [5, 5.41) is 12.2. The molecule has 8 heteroatoms. The number of nitrogens with one attached hydrogen (secondary N) is 1. The van der Waals surface area contributed by atoms with E-state index >= 15 is 0 Å². The molecule has 7 nitrogen and oxygen atoms in total. The number of thiol groups is 1. The molecule has 3 amide bonds. The van der Waals surface area contributed by atoms with Gasteiger partial charge in [-0.25, -0.2) is 9.59 Å². The summed E-state index contributed by atoms with van der Waals surface area (Å²) in [5.41, 5.74) is 0. The number of carbonyl (C=O) groups is 3. The zero-order chi connectivity index (χ0) is 16.9. The van der Waals surface area contributed by atoms with E-state index < -0.39 is 40.6 Å². The molecule has 2 N–H and O–H groups in total. The predicted molar refractivity (Wildman–Crippen MR) is 83.8 cm³/mol. The first-order valence-electron chi connectivity index (χ1n) is 7.50. The second kappa shape index (κ2) is 7.82. The van der Waals surface area contributed by atoms with Gasteiger partial charge in [-0.15, -0.1) is 0 Å². The number of quaternary nitrogens is 1. The fourth-order valence-electron chi connectivity index (χ4n) is 2.78. The van der Waals surface area contributed by atoms with Crippen LogP contribution in [0.5, 0.6) is 0 Å². The minimum atomic E-state index is -1.20. The van der Waals surface area contributed by atoms with Crippen LogP contribution in [0.25, 0.3) is 0 Å². The molecule has 0 saturated carbocycles. The Hall–Kier alpha value is -1.28. The van der Waals surface area contributed by atoms with E-state index in [1.807, 2.05) is 6.92 Å². The Morgan fingerprint density at radius 3 is 2.59 bits per heavy atom. The molecule has 0 bridgehead atoms. The molecule has 1 heterocycles. The third-order valence-corrected chi connectivity index (χ3v) is 4.62. The second-order valence-corrected chi connectivity index (χ2v) is 6.16. The second-order valence-electron chi connectivity index (χ2n) is 5.79. The van der Waals surface area contributed by atoms with Crippen molar-refractivity contribution in [3.8, 4) is 0 Å². The van der Waals surface area contributed by atoms with Crippen LogP contribution >= 0.6 is 12.6 Å². The Morgan fingerprint density at radius 2 is 2.09 bits per heavy atom. The average Bonchev–Trinajstić information content (AvgIpc) is 2.80. The van der Waals surface area contributed by atoms with Crippen LogP contribution in [0, 0.1) is 5.92 Å². The summed E-state index contributed by atoms with van der Waals surface area (Å²) in [7, 11) is 0. The van der Waals surface area contributed by atoms with Gasteiger partial charge in [-0.2, -0.15) is 21.9 Å². The maximum absolute atomic E-state index is 12.5. The first-order valence-corrected chi connectivity index (χ1v) is 8.13. The fourth-order valence-corrected chi connectivity index (χ4v) is 2.94. The standard InChI is InChI=1S/C14H24N2O5S/c1-4-5-15-13(18)21-11-6-10(3)16(7-11,14(19)20)12(17)9(2)8-22/h9-11H,4-8H2,1-3H3,(H2-,15,18,19,20,22)/p+1/t9?,10-,11-,16-/m1/s1. The number of carboxylic acid groups (broad SMARTS) is 1. The fraction of sp³-hybridized carbons (Fsp3) is 0.786.